The Bertz CT molecular complexity index is 599. The summed E-state index contributed by atoms with van der Waals surface area (Å²) in [5.41, 5.74) is 2.63. The Hall–Kier alpha value is -1.87. The lowest BCUT2D eigenvalue weighted by Gasteiger charge is -2.18. The van der Waals surface area contributed by atoms with Crippen LogP contribution in [0, 0.1) is 6.92 Å². The first-order valence-corrected chi connectivity index (χ1v) is 6.39. The topological polar surface area (TPSA) is 52.5 Å². The third-order valence-corrected chi connectivity index (χ3v) is 3.30. The first-order chi connectivity index (χ1) is 8.97. The quantitative estimate of drug-likeness (QED) is 0.787. The van der Waals surface area contributed by atoms with Gasteiger partial charge in [-0.2, -0.15) is 0 Å². The minimum Gasteiger partial charge on any atom is -0.508 e. The van der Waals surface area contributed by atoms with Gasteiger partial charge in [-0.25, -0.2) is 0 Å². The summed E-state index contributed by atoms with van der Waals surface area (Å²) in [6.07, 6.45) is 0. The molecule has 0 saturated heterocycles. The molecule has 0 aliphatic rings. The highest BCUT2D eigenvalue weighted by Crippen LogP contribution is 2.32. The molecule has 3 nitrogen and oxygen atoms in total. The molecule has 4 heteroatoms. The van der Waals surface area contributed by atoms with Crippen LogP contribution in [0.4, 0.5) is 5.69 Å². The number of nitrogens with one attached hydrogen (secondary N) is 1. The number of phenols is 2. The Morgan fingerprint density at radius 1 is 1.11 bits per heavy atom. The van der Waals surface area contributed by atoms with Crippen LogP contribution >= 0.6 is 11.6 Å². The number of hydrogen-bond acceptors (Lipinski definition) is 3. The van der Waals surface area contributed by atoms with Gasteiger partial charge < -0.3 is 15.5 Å². The van der Waals surface area contributed by atoms with Gasteiger partial charge in [0.1, 0.15) is 11.5 Å². The summed E-state index contributed by atoms with van der Waals surface area (Å²) in [6.45, 7) is 3.91. The molecular weight excluding hydrogens is 262 g/mol. The number of aryl methyl sites for hydroxylation is 1. The minimum absolute atomic E-state index is 0.0436. The van der Waals surface area contributed by atoms with Gasteiger partial charge in [0.05, 0.1) is 16.8 Å². The molecule has 0 aromatic heterocycles. The van der Waals surface area contributed by atoms with E-state index in [2.05, 4.69) is 5.32 Å². The fourth-order valence-corrected chi connectivity index (χ4v) is 2.13. The van der Waals surface area contributed by atoms with E-state index in [1.807, 2.05) is 32.0 Å². The Balaban J connectivity index is 2.25. The predicted octanol–water partition coefficient (Wildman–Crippen LogP) is 4.23. The SMILES string of the molecule is Cc1ccc(Cl)c(NC(C)c2ccc(O)cc2O)c1. The molecule has 0 saturated carbocycles. The van der Waals surface area contributed by atoms with E-state index in [0.717, 1.165) is 11.3 Å². The highest BCUT2D eigenvalue weighted by atomic mass is 35.5. The number of phenolic OH excluding ortho intramolecular Hbond substituents is 2. The largest absolute Gasteiger partial charge is 0.508 e. The summed E-state index contributed by atoms with van der Waals surface area (Å²) in [7, 11) is 0. The Labute approximate surface area is 117 Å². The molecule has 19 heavy (non-hydrogen) atoms. The van der Waals surface area contributed by atoms with E-state index < -0.39 is 0 Å². The number of rotatable bonds is 3. The number of aromatic hydroxyl groups is 2. The molecule has 0 radical (unpaired) electrons. The van der Waals surface area contributed by atoms with E-state index in [1.54, 1.807) is 12.1 Å². The van der Waals surface area contributed by atoms with E-state index in [9.17, 15) is 10.2 Å². The molecule has 0 fully saturated rings. The van der Waals surface area contributed by atoms with Crippen molar-refractivity contribution in [2.45, 2.75) is 19.9 Å². The monoisotopic (exact) mass is 277 g/mol. The van der Waals surface area contributed by atoms with Crippen molar-refractivity contribution in [3.63, 3.8) is 0 Å². The molecule has 0 heterocycles. The zero-order chi connectivity index (χ0) is 14.0. The van der Waals surface area contributed by atoms with Crippen LogP contribution in [0.2, 0.25) is 5.02 Å². The third kappa shape index (κ3) is 3.12. The zero-order valence-electron chi connectivity index (χ0n) is 10.8. The summed E-state index contributed by atoms with van der Waals surface area (Å²) in [6, 6.07) is 10.2. The van der Waals surface area contributed by atoms with Gasteiger partial charge in [-0.1, -0.05) is 17.7 Å². The van der Waals surface area contributed by atoms with E-state index in [1.165, 1.54) is 6.07 Å². The molecule has 0 spiro atoms. The standard InChI is InChI=1S/C15H16ClNO2/c1-9-3-6-13(16)14(7-9)17-10(2)12-5-4-11(18)8-15(12)19/h3-8,10,17-19H,1-2H3. The van der Waals surface area contributed by atoms with Crippen molar-refractivity contribution in [3.05, 3.63) is 52.5 Å². The number of halogens is 1. The van der Waals surface area contributed by atoms with Crippen LogP contribution < -0.4 is 5.32 Å². The average molecular weight is 278 g/mol. The van der Waals surface area contributed by atoms with Gasteiger partial charge in [0.15, 0.2) is 0 Å². The molecule has 0 bridgehead atoms. The maximum Gasteiger partial charge on any atom is 0.124 e. The third-order valence-electron chi connectivity index (χ3n) is 2.97. The summed E-state index contributed by atoms with van der Waals surface area (Å²) in [5, 5.41) is 23.0. The Morgan fingerprint density at radius 3 is 2.53 bits per heavy atom. The molecular formula is C15H16ClNO2. The first-order valence-electron chi connectivity index (χ1n) is 6.02. The molecule has 0 amide bonds. The minimum atomic E-state index is -0.125. The smallest absolute Gasteiger partial charge is 0.124 e. The van der Waals surface area contributed by atoms with E-state index in [0.29, 0.717) is 10.6 Å². The van der Waals surface area contributed by atoms with Crippen LogP contribution in [-0.2, 0) is 0 Å². The van der Waals surface area contributed by atoms with Crippen LogP contribution in [0.3, 0.4) is 0 Å². The highest BCUT2D eigenvalue weighted by Gasteiger charge is 2.12. The molecule has 0 aliphatic heterocycles. The van der Waals surface area contributed by atoms with Crippen LogP contribution in [0.15, 0.2) is 36.4 Å². The van der Waals surface area contributed by atoms with Gasteiger partial charge in [-0.05, 0) is 43.7 Å². The molecule has 2 aromatic rings. The lowest BCUT2D eigenvalue weighted by molar-refractivity contribution is 0.444. The zero-order valence-corrected chi connectivity index (χ0v) is 11.6. The van der Waals surface area contributed by atoms with E-state index in [-0.39, 0.29) is 17.5 Å². The fourth-order valence-electron chi connectivity index (χ4n) is 1.96. The van der Waals surface area contributed by atoms with Crippen LogP contribution in [0.1, 0.15) is 24.1 Å². The second-order valence-electron chi connectivity index (χ2n) is 4.59. The molecule has 3 N–H and O–H groups in total. The van der Waals surface area contributed by atoms with Crippen LogP contribution in [0.5, 0.6) is 11.5 Å². The van der Waals surface area contributed by atoms with Gasteiger partial charge in [0.2, 0.25) is 0 Å². The van der Waals surface area contributed by atoms with Gasteiger partial charge in [-0.3, -0.25) is 0 Å². The van der Waals surface area contributed by atoms with E-state index in [4.69, 9.17) is 11.6 Å². The second-order valence-corrected chi connectivity index (χ2v) is 5.00. The molecule has 1 unspecified atom stereocenters. The average Bonchev–Trinajstić information content (AvgIpc) is 2.33. The fraction of sp³-hybridized carbons (Fsp3) is 0.200. The van der Waals surface area contributed by atoms with Gasteiger partial charge in [0.25, 0.3) is 0 Å². The maximum atomic E-state index is 9.83. The number of benzene rings is 2. The number of hydrogen-bond donors (Lipinski definition) is 3. The molecule has 100 valence electrons. The predicted molar refractivity (Wildman–Crippen MR) is 78.0 cm³/mol. The van der Waals surface area contributed by atoms with Crippen molar-refractivity contribution in [2.75, 3.05) is 5.32 Å². The summed E-state index contributed by atoms with van der Waals surface area (Å²) in [4.78, 5) is 0. The van der Waals surface area contributed by atoms with E-state index >= 15 is 0 Å². The van der Waals surface area contributed by atoms with Gasteiger partial charge in [-0.15, -0.1) is 0 Å². The highest BCUT2D eigenvalue weighted by molar-refractivity contribution is 6.33. The number of anilines is 1. The molecule has 2 aromatic carbocycles. The summed E-state index contributed by atoms with van der Waals surface area (Å²) in [5.74, 6) is 0.103. The molecule has 2 rings (SSSR count). The van der Waals surface area contributed by atoms with Gasteiger partial charge >= 0.3 is 0 Å². The molecule has 0 aliphatic carbocycles. The van der Waals surface area contributed by atoms with Crippen molar-refractivity contribution in [1.29, 1.82) is 0 Å². The van der Waals surface area contributed by atoms with Crippen molar-refractivity contribution >= 4 is 17.3 Å². The van der Waals surface area contributed by atoms with Crippen molar-refractivity contribution in [2.24, 2.45) is 0 Å². The normalized spacial score (nSPS) is 12.2. The van der Waals surface area contributed by atoms with Crippen LogP contribution in [0.25, 0.3) is 0 Å². The maximum absolute atomic E-state index is 9.83. The molecule has 1 atom stereocenters. The van der Waals surface area contributed by atoms with Crippen molar-refractivity contribution in [3.8, 4) is 11.5 Å². The Morgan fingerprint density at radius 2 is 1.84 bits per heavy atom. The summed E-state index contributed by atoms with van der Waals surface area (Å²) < 4.78 is 0. The first kappa shape index (κ1) is 13.6. The summed E-state index contributed by atoms with van der Waals surface area (Å²) >= 11 is 6.13. The second kappa shape index (κ2) is 5.41. The van der Waals surface area contributed by atoms with Gasteiger partial charge in [0, 0.05) is 11.6 Å². The van der Waals surface area contributed by atoms with Crippen molar-refractivity contribution in [1.82, 2.24) is 0 Å². The van der Waals surface area contributed by atoms with Crippen LogP contribution in [-0.4, -0.2) is 10.2 Å². The lowest BCUT2D eigenvalue weighted by atomic mass is 10.1. The Kier molecular flexibility index (Phi) is 3.86. The van der Waals surface area contributed by atoms with Crippen molar-refractivity contribution < 1.29 is 10.2 Å². The lowest BCUT2D eigenvalue weighted by Crippen LogP contribution is -2.07.